The molecule has 8 heteroatoms. The zero-order valence-corrected chi connectivity index (χ0v) is 19.2. The molecular formula is C24H34O8. The van der Waals surface area contributed by atoms with E-state index in [0.29, 0.717) is 25.9 Å². The quantitative estimate of drug-likeness (QED) is 0.514. The van der Waals surface area contributed by atoms with Crippen LogP contribution in [-0.2, 0) is 33.3 Å². The molecule has 3 heterocycles. The van der Waals surface area contributed by atoms with Crippen LogP contribution < -0.4 is 0 Å². The summed E-state index contributed by atoms with van der Waals surface area (Å²) >= 11 is 0. The monoisotopic (exact) mass is 450 g/mol. The second-order valence-electron chi connectivity index (χ2n) is 10.6. The third kappa shape index (κ3) is 2.91. The Balaban J connectivity index is 1.60. The first-order valence-corrected chi connectivity index (χ1v) is 11.8. The van der Waals surface area contributed by atoms with Crippen molar-refractivity contribution in [3.8, 4) is 0 Å². The van der Waals surface area contributed by atoms with Gasteiger partial charge in [0.25, 0.3) is 0 Å². The van der Waals surface area contributed by atoms with Gasteiger partial charge in [0.1, 0.15) is 18.3 Å². The molecule has 3 aliphatic heterocycles. The van der Waals surface area contributed by atoms with Gasteiger partial charge in [-0.3, -0.25) is 9.59 Å². The van der Waals surface area contributed by atoms with Crippen LogP contribution >= 0.6 is 0 Å². The standard InChI is InChI=1S/C24H34O8/c1-13-9-20(31-15(3)26)23(11-29-14(2)25)17(5-6-18(27)24(23)12-30-24)22(13,4)19-10-16-7-8-28-21(16)32-19/h7-8,13,16-21,27H,5-6,9-12H2,1-4H3. The molecule has 2 aliphatic carbocycles. The molecule has 0 bridgehead atoms. The Bertz CT molecular complexity index is 821. The maximum Gasteiger partial charge on any atom is 0.302 e. The highest BCUT2D eigenvalue weighted by atomic mass is 16.7. The van der Waals surface area contributed by atoms with Gasteiger partial charge in [-0.2, -0.15) is 0 Å². The summed E-state index contributed by atoms with van der Waals surface area (Å²) in [5, 5.41) is 11.1. The number of hydrogen-bond acceptors (Lipinski definition) is 8. The second kappa shape index (κ2) is 7.43. The molecule has 8 nitrogen and oxygen atoms in total. The number of hydrogen-bond donors (Lipinski definition) is 1. The predicted octanol–water partition coefficient (Wildman–Crippen LogP) is 2.33. The van der Waals surface area contributed by atoms with E-state index in [4.69, 9.17) is 23.7 Å². The molecule has 2 saturated heterocycles. The molecule has 0 aromatic heterocycles. The molecule has 1 spiro atoms. The Morgan fingerprint density at radius 1 is 1.19 bits per heavy atom. The number of carbonyl (C=O) groups is 2. The molecule has 32 heavy (non-hydrogen) atoms. The number of epoxide rings is 1. The van der Waals surface area contributed by atoms with Gasteiger partial charge < -0.3 is 28.8 Å². The van der Waals surface area contributed by atoms with Gasteiger partial charge in [0, 0.05) is 25.2 Å². The van der Waals surface area contributed by atoms with Crippen LogP contribution in [0.4, 0.5) is 0 Å². The van der Waals surface area contributed by atoms with Crippen molar-refractivity contribution in [3.05, 3.63) is 12.3 Å². The smallest absolute Gasteiger partial charge is 0.302 e. The van der Waals surface area contributed by atoms with Crippen LogP contribution in [0.15, 0.2) is 12.3 Å². The van der Waals surface area contributed by atoms with Crippen molar-refractivity contribution in [3.63, 3.8) is 0 Å². The topological polar surface area (TPSA) is 104 Å². The van der Waals surface area contributed by atoms with E-state index in [9.17, 15) is 14.7 Å². The Morgan fingerprint density at radius 3 is 2.56 bits per heavy atom. The average molecular weight is 451 g/mol. The third-order valence-corrected chi connectivity index (χ3v) is 9.28. The minimum atomic E-state index is -0.891. The molecule has 0 radical (unpaired) electrons. The summed E-state index contributed by atoms with van der Waals surface area (Å²) < 4.78 is 29.7. The fourth-order valence-corrected chi connectivity index (χ4v) is 7.49. The molecule has 5 rings (SSSR count). The molecule has 1 N–H and O–H groups in total. The largest absolute Gasteiger partial charge is 0.472 e. The molecule has 4 fully saturated rings. The van der Waals surface area contributed by atoms with Gasteiger partial charge in [0.05, 0.1) is 30.5 Å². The molecule has 0 aromatic carbocycles. The fourth-order valence-electron chi connectivity index (χ4n) is 7.49. The summed E-state index contributed by atoms with van der Waals surface area (Å²) in [5.41, 5.74) is -2.05. The van der Waals surface area contributed by atoms with E-state index in [-0.39, 0.29) is 48.1 Å². The highest BCUT2D eigenvalue weighted by Crippen LogP contribution is 2.70. The van der Waals surface area contributed by atoms with Gasteiger partial charge in [-0.25, -0.2) is 0 Å². The lowest BCUT2D eigenvalue weighted by atomic mass is 9.42. The zero-order chi connectivity index (χ0) is 22.9. The Kier molecular flexibility index (Phi) is 5.15. The van der Waals surface area contributed by atoms with Crippen LogP contribution in [-0.4, -0.2) is 60.5 Å². The maximum absolute atomic E-state index is 12.2. The third-order valence-electron chi connectivity index (χ3n) is 9.28. The highest BCUT2D eigenvalue weighted by molar-refractivity contribution is 5.67. The number of fused-ring (bicyclic) bond motifs is 3. The molecule has 178 valence electrons. The summed E-state index contributed by atoms with van der Waals surface area (Å²) in [6.07, 6.45) is 4.92. The van der Waals surface area contributed by atoms with Gasteiger partial charge in [-0.15, -0.1) is 0 Å². The van der Waals surface area contributed by atoms with E-state index in [1.54, 1.807) is 6.26 Å². The molecule has 2 saturated carbocycles. The van der Waals surface area contributed by atoms with Crippen LogP contribution in [0, 0.1) is 28.6 Å². The molecule has 10 unspecified atom stereocenters. The lowest BCUT2D eigenvalue weighted by molar-refractivity contribution is -0.267. The molecule has 0 aromatic rings. The first-order valence-electron chi connectivity index (χ1n) is 11.8. The van der Waals surface area contributed by atoms with Crippen molar-refractivity contribution in [2.24, 2.45) is 28.6 Å². The minimum absolute atomic E-state index is 0.0406. The summed E-state index contributed by atoms with van der Waals surface area (Å²) in [7, 11) is 0. The van der Waals surface area contributed by atoms with Gasteiger partial charge in [0.15, 0.2) is 0 Å². The fraction of sp³-hybridized carbons (Fsp3) is 0.833. The average Bonchev–Trinajstić information content (AvgIpc) is 3.22. The number of ether oxygens (including phenoxy) is 5. The van der Waals surface area contributed by atoms with Gasteiger partial charge >= 0.3 is 11.9 Å². The van der Waals surface area contributed by atoms with Crippen molar-refractivity contribution in [1.82, 2.24) is 0 Å². The Labute approximate surface area is 188 Å². The van der Waals surface area contributed by atoms with Crippen molar-refractivity contribution < 1.29 is 38.4 Å². The molecule has 0 amide bonds. The molecule has 5 aliphatic rings. The first kappa shape index (κ1) is 22.2. The number of rotatable bonds is 4. The van der Waals surface area contributed by atoms with Crippen molar-refractivity contribution in [1.29, 1.82) is 0 Å². The summed E-state index contributed by atoms with van der Waals surface area (Å²) in [6, 6.07) is 0. The van der Waals surface area contributed by atoms with Crippen LogP contribution in [0.1, 0.15) is 53.4 Å². The lowest BCUT2D eigenvalue weighted by Gasteiger charge is -2.64. The van der Waals surface area contributed by atoms with Crippen LogP contribution in [0.2, 0.25) is 0 Å². The molecule has 10 atom stereocenters. The number of carbonyl (C=O) groups excluding carboxylic acids is 2. The van der Waals surface area contributed by atoms with Gasteiger partial charge in [-0.1, -0.05) is 13.8 Å². The molecular weight excluding hydrogens is 416 g/mol. The van der Waals surface area contributed by atoms with E-state index in [2.05, 4.69) is 19.9 Å². The summed E-state index contributed by atoms with van der Waals surface area (Å²) in [4.78, 5) is 24.1. The Hall–Kier alpha value is -1.64. The zero-order valence-electron chi connectivity index (χ0n) is 19.2. The van der Waals surface area contributed by atoms with Crippen LogP contribution in [0.25, 0.3) is 0 Å². The van der Waals surface area contributed by atoms with Crippen LogP contribution in [0.3, 0.4) is 0 Å². The number of aliphatic hydroxyl groups is 1. The lowest BCUT2D eigenvalue weighted by Crippen LogP contribution is -2.71. The Morgan fingerprint density at radius 2 is 1.94 bits per heavy atom. The SMILES string of the molecule is CC(=O)OCC12C(OC(C)=O)CC(C)C(C)(C3CC4C=COC4O3)C1CCC(O)C21CO1. The normalized spacial score (nSPS) is 51.0. The first-order chi connectivity index (χ1) is 15.1. The second-order valence-corrected chi connectivity index (χ2v) is 10.6. The van der Waals surface area contributed by atoms with E-state index < -0.39 is 29.2 Å². The minimum Gasteiger partial charge on any atom is -0.472 e. The van der Waals surface area contributed by atoms with Crippen LogP contribution in [0.5, 0.6) is 0 Å². The maximum atomic E-state index is 12.2. The number of aliphatic hydroxyl groups excluding tert-OH is 1. The van der Waals surface area contributed by atoms with E-state index in [1.807, 2.05) is 0 Å². The van der Waals surface area contributed by atoms with Crippen molar-refractivity contribution in [2.75, 3.05) is 13.2 Å². The summed E-state index contributed by atoms with van der Waals surface area (Å²) in [5.74, 6) is -0.436. The van der Waals surface area contributed by atoms with Gasteiger partial charge in [0.2, 0.25) is 6.29 Å². The van der Waals surface area contributed by atoms with E-state index in [1.165, 1.54) is 13.8 Å². The van der Waals surface area contributed by atoms with E-state index >= 15 is 0 Å². The number of esters is 2. The van der Waals surface area contributed by atoms with Crippen molar-refractivity contribution in [2.45, 2.75) is 83.6 Å². The summed E-state index contributed by atoms with van der Waals surface area (Å²) in [6.45, 7) is 7.61. The van der Waals surface area contributed by atoms with Crippen molar-refractivity contribution >= 4 is 11.9 Å². The van der Waals surface area contributed by atoms with E-state index in [0.717, 1.165) is 6.42 Å². The predicted molar refractivity (Wildman–Crippen MR) is 111 cm³/mol. The van der Waals surface area contributed by atoms with Gasteiger partial charge in [-0.05, 0) is 43.6 Å². The highest BCUT2D eigenvalue weighted by Gasteiger charge is 2.79.